The van der Waals surface area contributed by atoms with Gasteiger partial charge in [-0.2, -0.15) is 0 Å². The van der Waals surface area contributed by atoms with Gasteiger partial charge in [-0.15, -0.1) is 0 Å². The van der Waals surface area contributed by atoms with Crippen molar-refractivity contribution in [1.29, 1.82) is 0 Å². The topological polar surface area (TPSA) is 45.4 Å². The Hall–Kier alpha value is -1.32. The van der Waals surface area contributed by atoms with Crippen molar-refractivity contribution in [3.8, 4) is 5.75 Å². The molecule has 2 N–H and O–H groups in total. The average molecular weight is 258 g/mol. The van der Waals surface area contributed by atoms with E-state index < -0.39 is 0 Å². The predicted octanol–water partition coefficient (Wildman–Crippen LogP) is 3.90. The lowest BCUT2D eigenvalue weighted by atomic mass is 10.2. The Morgan fingerprint density at radius 3 is 2.50 bits per heavy atom. The van der Waals surface area contributed by atoms with Crippen LogP contribution in [-0.4, -0.2) is 5.11 Å². The van der Waals surface area contributed by atoms with Crippen LogP contribution in [0.15, 0.2) is 35.1 Å². The van der Waals surface area contributed by atoms with E-state index in [0.29, 0.717) is 6.54 Å². The minimum atomic E-state index is -0.0998. The molecule has 0 amide bonds. The zero-order chi connectivity index (χ0) is 11.5. The molecule has 0 spiro atoms. The summed E-state index contributed by atoms with van der Waals surface area (Å²) in [5.41, 5.74) is 1.76. The third-order valence-corrected chi connectivity index (χ3v) is 2.67. The summed E-state index contributed by atoms with van der Waals surface area (Å²) >= 11 is 11.6. The molecule has 84 valence electrons. The number of benzene rings is 1. The number of hydrogen-bond donors (Lipinski definition) is 2. The van der Waals surface area contributed by atoms with Crippen LogP contribution in [0.2, 0.25) is 10.0 Å². The van der Waals surface area contributed by atoms with Gasteiger partial charge in [0.25, 0.3) is 0 Å². The molecule has 3 nitrogen and oxygen atoms in total. The largest absolute Gasteiger partial charge is 0.505 e. The third kappa shape index (κ3) is 2.43. The second-order valence-corrected chi connectivity index (χ2v) is 4.09. The van der Waals surface area contributed by atoms with Crippen molar-refractivity contribution >= 4 is 28.9 Å². The van der Waals surface area contributed by atoms with Gasteiger partial charge < -0.3 is 14.8 Å². The van der Waals surface area contributed by atoms with Crippen LogP contribution in [0.4, 0.5) is 5.69 Å². The van der Waals surface area contributed by atoms with Crippen LogP contribution < -0.4 is 5.32 Å². The number of phenolic OH excluding ortho intramolecular Hbond substituents is 1. The molecular formula is C11H9Cl2NO2. The van der Waals surface area contributed by atoms with Crippen molar-refractivity contribution in [3.63, 3.8) is 0 Å². The molecule has 0 saturated heterocycles. The standard InChI is InChI=1S/C11H9Cl2NO2/c12-9-3-8(4-10(13)11(9)15)14-5-7-1-2-16-6-7/h1-4,6,14-15H,5H2. The second-order valence-electron chi connectivity index (χ2n) is 3.27. The Kier molecular flexibility index (Phi) is 3.27. The molecule has 0 aliphatic carbocycles. The van der Waals surface area contributed by atoms with E-state index in [-0.39, 0.29) is 15.8 Å². The normalized spacial score (nSPS) is 10.4. The highest BCUT2D eigenvalue weighted by Crippen LogP contribution is 2.34. The number of halogens is 2. The average Bonchev–Trinajstić information content (AvgIpc) is 2.75. The SMILES string of the molecule is Oc1c(Cl)cc(NCc2ccoc2)cc1Cl. The minimum absolute atomic E-state index is 0.0998. The maximum Gasteiger partial charge on any atom is 0.152 e. The van der Waals surface area contributed by atoms with E-state index in [1.807, 2.05) is 6.07 Å². The molecule has 0 unspecified atom stereocenters. The number of phenols is 1. The molecule has 2 rings (SSSR count). The van der Waals surface area contributed by atoms with Gasteiger partial charge in [-0.05, 0) is 18.2 Å². The van der Waals surface area contributed by atoms with Crippen molar-refractivity contribution in [3.05, 3.63) is 46.3 Å². The summed E-state index contributed by atoms with van der Waals surface area (Å²) in [5.74, 6) is -0.0998. The number of hydrogen-bond acceptors (Lipinski definition) is 3. The summed E-state index contributed by atoms with van der Waals surface area (Å²) in [4.78, 5) is 0. The molecule has 2 aromatic rings. The van der Waals surface area contributed by atoms with Crippen LogP contribution in [0, 0.1) is 0 Å². The lowest BCUT2D eigenvalue weighted by Gasteiger charge is -2.07. The number of rotatable bonds is 3. The Labute approximate surface area is 103 Å². The molecule has 5 heteroatoms. The first kappa shape index (κ1) is 11.2. The van der Waals surface area contributed by atoms with Gasteiger partial charge in [0, 0.05) is 17.8 Å². The quantitative estimate of drug-likeness (QED) is 0.820. The third-order valence-electron chi connectivity index (χ3n) is 2.09. The van der Waals surface area contributed by atoms with Crippen LogP contribution >= 0.6 is 23.2 Å². The van der Waals surface area contributed by atoms with Crippen LogP contribution in [0.1, 0.15) is 5.56 Å². The highest BCUT2D eigenvalue weighted by molar-refractivity contribution is 6.37. The van der Waals surface area contributed by atoms with E-state index in [1.54, 1.807) is 24.7 Å². The van der Waals surface area contributed by atoms with E-state index >= 15 is 0 Å². The molecule has 0 atom stereocenters. The first-order valence-electron chi connectivity index (χ1n) is 4.60. The van der Waals surface area contributed by atoms with Crippen molar-refractivity contribution in [2.45, 2.75) is 6.54 Å². The van der Waals surface area contributed by atoms with Gasteiger partial charge in [0.2, 0.25) is 0 Å². The zero-order valence-electron chi connectivity index (χ0n) is 8.21. The first-order chi connectivity index (χ1) is 7.66. The van der Waals surface area contributed by atoms with Gasteiger partial charge in [-0.1, -0.05) is 23.2 Å². The summed E-state index contributed by atoms with van der Waals surface area (Å²) in [7, 11) is 0. The van der Waals surface area contributed by atoms with Crippen LogP contribution in [0.25, 0.3) is 0 Å². The first-order valence-corrected chi connectivity index (χ1v) is 5.35. The van der Waals surface area contributed by atoms with E-state index in [4.69, 9.17) is 27.6 Å². The minimum Gasteiger partial charge on any atom is -0.505 e. The fourth-order valence-electron chi connectivity index (χ4n) is 1.26. The highest BCUT2D eigenvalue weighted by atomic mass is 35.5. The Morgan fingerprint density at radius 2 is 1.94 bits per heavy atom. The molecule has 0 aliphatic heterocycles. The van der Waals surface area contributed by atoms with E-state index in [9.17, 15) is 5.11 Å². The Balaban J connectivity index is 2.10. The van der Waals surface area contributed by atoms with Gasteiger partial charge in [0.05, 0.1) is 22.6 Å². The second kappa shape index (κ2) is 4.68. The number of aromatic hydroxyl groups is 1. The van der Waals surface area contributed by atoms with Crippen molar-refractivity contribution < 1.29 is 9.52 Å². The van der Waals surface area contributed by atoms with Crippen LogP contribution in [-0.2, 0) is 6.54 Å². The zero-order valence-corrected chi connectivity index (χ0v) is 9.72. The molecule has 0 aliphatic rings. The van der Waals surface area contributed by atoms with Gasteiger partial charge in [-0.3, -0.25) is 0 Å². The molecule has 1 aromatic carbocycles. The predicted molar refractivity (Wildman–Crippen MR) is 64.2 cm³/mol. The highest BCUT2D eigenvalue weighted by Gasteiger charge is 2.06. The fourth-order valence-corrected chi connectivity index (χ4v) is 1.75. The summed E-state index contributed by atoms with van der Waals surface area (Å²) in [6.07, 6.45) is 3.25. The monoisotopic (exact) mass is 257 g/mol. The molecule has 0 fully saturated rings. The molecule has 0 radical (unpaired) electrons. The smallest absolute Gasteiger partial charge is 0.152 e. The summed E-state index contributed by atoms with van der Waals surface area (Å²) < 4.78 is 4.94. The molecule has 0 saturated carbocycles. The molecular weight excluding hydrogens is 249 g/mol. The number of furan rings is 1. The number of nitrogens with one attached hydrogen (secondary N) is 1. The van der Waals surface area contributed by atoms with E-state index in [0.717, 1.165) is 11.3 Å². The maximum atomic E-state index is 9.38. The van der Waals surface area contributed by atoms with Crippen LogP contribution in [0.3, 0.4) is 0 Å². The van der Waals surface area contributed by atoms with Gasteiger partial charge in [0.15, 0.2) is 5.75 Å². The van der Waals surface area contributed by atoms with Crippen molar-refractivity contribution in [2.75, 3.05) is 5.32 Å². The summed E-state index contributed by atoms with van der Waals surface area (Å²) in [6.45, 7) is 0.605. The number of anilines is 1. The van der Waals surface area contributed by atoms with Gasteiger partial charge >= 0.3 is 0 Å². The van der Waals surface area contributed by atoms with Gasteiger partial charge in [-0.25, -0.2) is 0 Å². The maximum absolute atomic E-state index is 9.38. The van der Waals surface area contributed by atoms with Crippen molar-refractivity contribution in [2.24, 2.45) is 0 Å². The molecule has 16 heavy (non-hydrogen) atoms. The van der Waals surface area contributed by atoms with Crippen LogP contribution in [0.5, 0.6) is 5.75 Å². The molecule has 1 aromatic heterocycles. The van der Waals surface area contributed by atoms with Gasteiger partial charge in [0.1, 0.15) is 0 Å². The molecule has 1 heterocycles. The lowest BCUT2D eigenvalue weighted by Crippen LogP contribution is -1.97. The fraction of sp³-hybridized carbons (Fsp3) is 0.0909. The van der Waals surface area contributed by atoms with E-state index in [2.05, 4.69) is 5.32 Å². The Morgan fingerprint density at radius 1 is 1.25 bits per heavy atom. The Bertz CT molecular complexity index is 460. The van der Waals surface area contributed by atoms with Crippen molar-refractivity contribution in [1.82, 2.24) is 0 Å². The molecule has 0 bridgehead atoms. The summed E-state index contributed by atoms with van der Waals surface area (Å²) in [6, 6.07) is 5.09. The summed E-state index contributed by atoms with van der Waals surface area (Å²) in [5, 5.41) is 12.9. The van der Waals surface area contributed by atoms with E-state index in [1.165, 1.54) is 0 Å². The lowest BCUT2D eigenvalue weighted by molar-refractivity contribution is 0.476.